The van der Waals surface area contributed by atoms with Crippen LogP contribution in [-0.4, -0.2) is 19.7 Å². The van der Waals surface area contributed by atoms with Gasteiger partial charge in [0, 0.05) is 39.4 Å². The predicted octanol–water partition coefficient (Wildman–Crippen LogP) is 5.93. The lowest BCUT2D eigenvalue weighted by Gasteiger charge is -2.11. The number of thioether (sulfide) groups is 1. The van der Waals surface area contributed by atoms with Crippen molar-refractivity contribution in [1.82, 2.24) is 19.7 Å². The van der Waals surface area contributed by atoms with Gasteiger partial charge in [-0.25, -0.2) is 0 Å². The van der Waals surface area contributed by atoms with Crippen molar-refractivity contribution in [2.75, 3.05) is 0 Å². The zero-order chi connectivity index (χ0) is 18.6. The van der Waals surface area contributed by atoms with Crippen LogP contribution >= 0.6 is 35.0 Å². The maximum absolute atomic E-state index is 6.29. The first-order valence-corrected chi connectivity index (χ1v) is 9.94. The Labute approximate surface area is 171 Å². The zero-order valence-corrected chi connectivity index (χ0v) is 16.4. The van der Waals surface area contributed by atoms with Crippen LogP contribution in [0.1, 0.15) is 5.56 Å². The molecule has 0 N–H and O–H groups in total. The molecule has 0 saturated heterocycles. The SMILES string of the molecule is Clc1ccc(-n2c(SCc3ccccc3Cl)nnc2-c2ccncc2)cc1. The van der Waals surface area contributed by atoms with Crippen molar-refractivity contribution in [3.63, 3.8) is 0 Å². The average Bonchev–Trinajstić information content (AvgIpc) is 3.12. The minimum absolute atomic E-state index is 0.683. The third-order valence-electron chi connectivity index (χ3n) is 3.97. The molecule has 4 nitrogen and oxygen atoms in total. The van der Waals surface area contributed by atoms with Crippen LogP contribution in [0.15, 0.2) is 78.2 Å². The van der Waals surface area contributed by atoms with Gasteiger partial charge >= 0.3 is 0 Å². The molecule has 0 amide bonds. The molecule has 7 heteroatoms. The fourth-order valence-electron chi connectivity index (χ4n) is 2.63. The van der Waals surface area contributed by atoms with E-state index in [1.54, 1.807) is 24.2 Å². The third-order valence-corrected chi connectivity index (χ3v) is 5.57. The number of rotatable bonds is 5. The van der Waals surface area contributed by atoms with E-state index < -0.39 is 0 Å². The number of hydrogen-bond donors (Lipinski definition) is 0. The molecule has 0 radical (unpaired) electrons. The number of nitrogens with zero attached hydrogens (tertiary/aromatic N) is 4. The highest BCUT2D eigenvalue weighted by Gasteiger charge is 2.16. The Morgan fingerprint density at radius 1 is 0.852 bits per heavy atom. The van der Waals surface area contributed by atoms with Crippen LogP contribution in [0.3, 0.4) is 0 Å². The largest absolute Gasteiger partial charge is 0.270 e. The lowest BCUT2D eigenvalue weighted by atomic mass is 10.2. The molecule has 2 aromatic heterocycles. The van der Waals surface area contributed by atoms with E-state index in [9.17, 15) is 0 Å². The molecule has 0 fully saturated rings. The molecule has 2 heterocycles. The number of benzene rings is 2. The molecule has 0 aliphatic heterocycles. The van der Waals surface area contributed by atoms with Gasteiger partial charge in [0.05, 0.1) is 0 Å². The fraction of sp³-hybridized carbons (Fsp3) is 0.0500. The van der Waals surface area contributed by atoms with Gasteiger partial charge in [0.1, 0.15) is 0 Å². The van der Waals surface area contributed by atoms with Crippen LogP contribution in [0.4, 0.5) is 0 Å². The van der Waals surface area contributed by atoms with Crippen LogP contribution < -0.4 is 0 Å². The first-order valence-electron chi connectivity index (χ1n) is 8.20. The van der Waals surface area contributed by atoms with Gasteiger partial charge in [-0.2, -0.15) is 0 Å². The van der Waals surface area contributed by atoms with E-state index in [-0.39, 0.29) is 0 Å². The lowest BCUT2D eigenvalue weighted by Crippen LogP contribution is -2.00. The van der Waals surface area contributed by atoms with Crippen molar-refractivity contribution in [3.8, 4) is 17.1 Å². The molecular formula is C20H14Cl2N4S. The Bertz CT molecular complexity index is 1050. The molecule has 134 valence electrons. The summed E-state index contributed by atoms with van der Waals surface area (Å²) in [7, 11) is 0. The zero-order valence-electron chi connectivity index (χ0n) is 14.1. The summed E-state index contributed by atoms with van der Waals surface area (Å²) in [5.41, 5.74) is 2.94. The fourth-order valence-corrected chi connectivity index (χ4v) is 4.00. The molecule has 4 aromatic rings. The highest BCUT2D eigenvalue weighted by atomic mass is 35.5. The molecule has 0 aliphatic rings. The van der Waals surface area contributed by atoms with Crippen LogP contribution in [-0.2, 0) is 5.75 Å². The predicted molar refractivity (Wildman–Crippen MR) is 111 cm³/mol. The number of aromatic nitrogens is 4. The molecule has 0 unspecified atom stereocenters. The van der Waals surface area contributed by atoms with E-state index in [1.807, 2.05) is 65.2 Å². The second-order valence-corrected chi connectivity index (χ2v) is 7.52. The molecule has 0 spiro atoms. The Hall–Kier alpha value is -2.34. The number of pyridine rings is 1. The standard InChI is InChI=1S/C20H14Cl2N4S/c21-16-5-7-17(8-6-16)26-19(14-9-11-23-12-10-14)24-25-20(26)27-13-15-3-1-2-4-18(15)22/h1-12H,13H2. The summed E-state index contributed by atoms with van der Waals surface area (Å²) < 4.78 is 2.02. The quantitative estimate of drug-likeness (QED) is 0.381. The van der Waals surface area contributed by atoms with Crippen LogP contribution in [0, 0.1) is 0 Å². The van der Waals surface area contributed by atoms with E-state index in [1.165, 1.54) is 0 Å². The van der Waals surface area contributed by atoms with Crippen molar-refractivity contribution < 1.29 is 0 Å². The maximum atomic E-state index is 6.29. The first kappa shape index (κ1) is 18.0. The number of halogens is 2. The van der Waals surface area contributed by atoms with Gasteiger partial charge in [0.2, 0.25) is 0 Å². The number of hydrogen-bond acceptors (Lipinski definition) is 4. The van der Waals surface area contributed by atoms with Gasteiger partial charge < -0.3 is 0 Å². The second-order valence-electron chi connectivity index (χ2n) is 5.73. The van der Waals surface area contributed by atoms with Crippen LogP contribution in [0.2, 0.25) is 10.0 Å². The van der Waals surface area contributed by atoms with Gasteiger partial charge in [-0.1, -0.05) is 53.2 Å². The van der Waals surface area contributed by atoms with Gasteiger partial charge in [-0.15, -0.1) is 10.2 Å². The van der Waals surface area contributed by atoms with E-state index in [4.69, 9.17) is 23.2 Å². The summed E-state index contributed by atoms with van der Waals surface area (Å²) in [6.07, 6.45) is 3.49. The van der Waals surface area contributed by atoms with Gasteiger partial charge in [0.15, 0.2) is 11.0 Å². The highest BCUT2D eigenvalue weighted by Crippen LogP contribution is 2.31. The topological polar surface area (TPSA) is 43.6 Å². The van der Waals surface area contributed by atoms with E-state index in [0.29, 0.717) is 10.8 Å². The molecule has 0 saturated carbocycles. The minimum Gasteiger partial charge on any atom is -0.270 e. The Morgan fingerprint density at radius 3 is 2.33 bits per heavy atom. The highest BCUT2D eigenvalue weighted by molar-refractivity contribution is 7.98. The van der Waals surface area contributed by atoms with Crippen molar-refractivity contribution >= 4 is 35.0 Å². The van der Waals surface area contributed by atoms with E-state index in [0.717, 1.165) is 32.8 Å². The molecule has 0 aliphatic carbocycles. The smallest absolute Gasteiger partial charge is 0.196 e. The summed E-state index contributed by atoms with van der Waals surface area (Å²) in [4.78, 5) is 4.08. The summed E-state index contributed by atoms with van der Waals surface area (Å²) >= 11 is 13.9. The summed E-state index contributed by atoms with van der Waals surface area (Å²) in [6, 6.07) is 19.3. The molecular weight excluding hydrogens is 399 g/mol. The lowest BCUT2D eigenvalue weighted by molar-refractivity contribution is 0.886. The summed E-state index contributed by atoms with van der Waals surface area (Å²) in [5, 5.41) is 11.0. The van der Waals surface area contributed by atoms with Gasteiger partial charge in [-0.05, 0) is 48.0 Å². The third kappa shape index (κ3) is 4.00. The van der Waals surface area contributed by atoms with Crippen molar-refractivity contribution in [1.29, 1.82) is 0 Å². The van der Waals surface area contributed by atoms with Crippen LogP contribution in [0.25, 0.3) is 17.1 Å². The molecule has 4 rings (SSSR count). The van der Waals surface area contributed by atoms with Crippen LogP contribution in [0.5, 0.6) is 0 Å². The Balaban J connectivity index is 1.74. The maximum Gasteiger partial charge on any atom is 0.196 e. The Kier molecular flexibility index (Phi) is 5.43. The normalized spacial score (nSPS) is 10.9. The molecule has 0 bridgehead atoms. The first-order chi connectivity index (χ1) is 13.2. The minimum atomic E-state index is 0.683. The second kappa shape index (κ2) is 8.13. The van der Waals surface area contributed by atoms with E-state index in [2.05, 4.69) is 15.2 Å². The van der Waals surface area contributed by atoms with Gasteiger partial charge in [-0.3, -0.25) is 9.55 Å². The molecule has 27 heavy (non-hydrogen) atoms. The molecule has 2 aromatic carbocycles. The average molecular weight is 413 g/mol. The van der Waals surface area contributed by atoms with Gasteiger partial charge in [0.25, 0.3) is 0 Å². The van der Waals surface area contributed by atoms with Crippen molar-refractivity contribution in [3.05, 3.63) is 88.7 Å². The summed E-state index contributed by atoms with van der Waals surface area (Å²) in [5.74, 6) is 1.45. The van der Waals surface area contributed by atoms with Crippen molar-refractivity contribution in [2.24, 2.45) is 0 Å². The molecule has 0 atom stereocenters. The monoisotopic (exact) mass is 412 g/mol. The van der Waals surface area contributed by atoms with Crippen molar-refractivity contribution in [2.45, 2.75) is 10.9 Å². The Morgan fingerprint density at radius 2 is 1.59 bits per heavy atom. The summed E-state index contributed by atoms with van der Waals surface area (Å²) in [6.45, 7) is 0. The van der Waals surface area contributed by atoms with E-state index >= 15 is 0 Å².